The van der Waals surface area contributed by atoms with Gasteiger partial charge in [0.25, 0.3) is 6.01 Å². The second-order valence-electron chi connectivity index (χ2n) is 9.52. The molecule has 2 aromatic heterocycles. The van der Waals surface area contributed by atoms with Crippen molar-refractivity contribution in [2.24, 2.45) is 5.92 Å². The summed E-state index contributed by atoms with van der Waals surface area (Å²) in [5, 5.41) is 11.8. The number of fused-ring (bicyclic) bond motifs is 1. The third kappa shape index (κ3) is 6.92. The van der Waals surface area contributed by atoms with Crippen molar-refractivity contribution in [1.82, 2.24) is 19.2 Å². The zero-order chi connectivity index (χ0) is 28.2. The number of benzene rings is 2. The number of anilines is 1. The summed E-state index contributed by atoms with van der Waals surface area (Å²) in [6.07, 6.45) is -0.238. The highest BCUT2D eigenvalue weighted by atomic mass is 32.2. The SMILES string of the molecule is CC(C)CN(C[C@@H](O)[C@H](Cc1ccccc1)N(C)C(=O)Oc1cncs1)S(=O)(=O)c1ccc2nc(N)oc2c1. The molecule has 2 atom stereocenters. The third-order valence-corrected chi connectivity index (χ3v) is 8.56. The number of carbonyl (C=O) groups is 1. The first-order valence-electron chi connectivity index (χ1n) is 12.3. The molecule has 0 aliphatic rings. The number of hydrogen-bond donors (Lipinski definition) is 2. The molecule has 4 rings (SSSR count). The number of aliphatic hydroxyl groups excluding tert-OH is 1. The van der Waals surface area contributed by atoms with Crippen molar-refractivity contribution < 1.29 is 27.5 Å². The van der Waals surface area contributed by atoms with Crippen LogP contribution in [0.1, 0.15) is 19.4 Å². The molecular weight excluding hydrogens is 542 g/mol. The summed E-state index contributed by atoms with van der Waals surface area (Å²) in [4.78, 5) is 22.2. The van der Waals surface area contributed by atoms with Crippen molar-refractivity contribution in [2.75, 3.05) is 25.9 Å². The lowest BCUT2D eigenvalue weighted by atomic mass is 10.00. The molecule has 0 fully saturated rings. The number of amides is 1. The van der Waals surface area contributed by atoms with E-state index in [4.69, 9.17) is 14.9 Å². The van der Waals surface area contributed by atoms with E-state index in [-0.39, 0.29) is 41.9 Å². The number of likely N-dealkylation sites (N-methyl/N-ethyl adjacent to an activating group) is 1. The van der Waals surface area contributed by atoms with Gasteiger partial charge in [-0.3, -0.25) is 0 Å². The van der Waals surface area contributed by atoms with E-state index in [9.17, 15) is 18.3 Å². The number of hydrogen-bond acceptors (Lipinski definition) is 10. The van der Waals surface area contributed by atoms with Gasteiger partial charge in [-0.25, -0.2) is 18.2 Å². The van der Waals surface area contributed by atoms with Crippen molar-refractivity contribution in [1.29, 1.82) is 0 Å². The van der Waals surface area contributed by atoms with E-state index in [0.29, 0.717) is 10.6 Å². The van der Waals surface area contributed by atoms with Crippen molar-refractivity contribution in [2.45, 2.75) is 37.3 Å². The standard InChI is InChI=1S/C26H31N5O6S2/c1-17(2)14-31(39(34,35)19-9-10-20-23(12-19)36-25(27)29-20)15-22(32)21(11-18-7-5-4-6-8-18)30(3)26(33)37-24-13-28-16-38-24/h4-10,12-13,16-17,21-22,32H,11,14-15H2,1-3H3,(H2,27,29)/t21-,22+/m0/s1. The molecular formula is C26H31N5O6S2. The Hall–Kier alpha value is -3.52. The summed E-state index contributed by atoms with van der Waals surface area (Å²) in [6.45, 7) is 3.65. The first-order chi connectivity index (χ1) is 18.5. The lowest BCUT2D eigenvalue weighted by molar-refractivity contribution is 0.0502. The number of nitrogens with two attached hydrogens (primary N) is 1. The zero-order valence-electron chi connectivity index (χ0n) is 21.8. The van der Waals surface area contributed by atoms with Gasteiger partial charge < -0.3 is 24.9 Å². The number of oxazole rings is 1. The maximum absolute atomic E-state index is 13.8. The smallest absolute Gasteiger partial charge is 0.416 e. The van der Waals surface area contributed by atoms with Gasteiger partial charge in [-0.05, 0) is 30.0 Å². The first kappa shape index (κ1) is 28.5. The number of nitrogen functional groups attached to an aromatic ring is 1. The maximum atomic E-state index is 13.8. The van der Waals surface area contributed by atoms with Crippen molar-refractivity contribution in [3.63, 3.8) is 0 Å². The van der Waals surface area contributed by atoms with Gasteiger partial charge >= 0.3 is 6.09 Å². The molecule has 0 unspecified atom stereocenters. The quantitative estimate of drug-likeness (QED) is 0.274. The first-order valence-corrected chi connectivity index (χ1v) is 14.6. The minimum Gasteiger partial charge on any atom is -0.424 e. The number of thiazole rings is 1. The fourth-order valence-electron chi connectivity index (χ4n) is 4.18. The minimum absolute atomic E-state index is 0.0171. The number of nitrogens with zero attached hydrogens (tertiary/aromatic N) is 4. The Bertz CT molecular complexity index is 1490. The summed E-state index contributed by atoms with van der Waals surface area (Å²) in [5.41, 5.74) is 8.70. The van der Waals surface area contributed by atoms with Crippen LogP contribution in [0.4, 0.5) is 10.8 Å². The molecule has 3 N–H and O–H groups in total. The molecule has 1 amide bonds. The summed E-state index contributed by atoms with van der Waals surface area (Å²) >= 11 is 1.16. The van der Waals surface area contributed by atoms with Crippen LogP contribution in [0.2, 0.25) is 0 Å². The Morgan fingerprint density at radius 2 is 1.92 bits per heavy atom. The minimum atomic E-state index is -4.06. The Kier molecular flexibility index (Phi) is 8.85. The van der Waals surface area contributed by atoms with E-state index in [1.807, 2.05) is 44.2 Å². The van der Waals surface area contributed by atoms with Crippen LogP contribution >= 0.6 is 11.3 Å². The van der Waals surface area contributed by atoms with Crippen LogP contribution in [0.15, 0.2) is 69.6 Å². The normalized spacial score (nSPS) is 13.6. The Balaban J connectivity index is 1.62. The highest BCUT2D eigenvalue weighted by Crippen LogP contribution is 2.25. The zero-order valence-corrected chi connectivity index (χ0v) is 23.4. The van der Waals surface area contributed by atoms with E-state index in [1.54, 1.807) is 0 Å². The van der Waals surface area contributed by atoms with E-state index in [1.165, 1.54) is 46.2 Å². The average Bonchev–Trinajstić information content (AvgIpc) is 3.54. The van der Waals surface area contributed by atoms with Gasteiger partial charge in [-0.1, -0.05) is 55.5 Å². The molecule has 0 saturated heterocycles. The van der Waals surface area contributed by atoms with Crippen molar-refractivity contribution >= 4 is 44.6 Å². The van der Waals surface area contributed by atoms with Crippen LogP contribution in [0.5, 0.6) is 5.06 Å². The Morgan fingerprint density at radius 3 is 2.59 bits per heavy atom. The van der Waals surface area contributed by atoms with Gasteiger partial charge in [0.15, 0.2) is 5.58 Å². The molecule has 0 bridgehead atoms. The molecule has 0 radical (unpaired) electrons. The topological polar surface area (TPSA) is 152 Å². The lowest BCUT2D eigenvalue weighted by Crippen LogP contribution is -2.52. The summed E-state index contributed by atoms with van der Waals surface area (Å²) in [5.74, 6) is -0.0433. The monoisotopic (exact) mass is 573 g/mol. The maximum Gasteiger partial charge on any atom is 0.416 e. The lowest BCUT2D eigenvalue weighted by Gasteiger charge is -2.34. The molecule has 0 aliphatic carbocycles. The molecule has 4 aromatic rings. The van der Waals surface area contributed by atoms with Gasteiger partial charge in [0, 0.05) is 26.2 Å². The summed E-state index contributed by atoms with van der Waals surface area (Å²) in [7, 11) is -2.55. The molecule has 2 aromatic carbocycles. The van der Waals surface area contributed by atoms with Crippen molar-refractivity contribution in [3.8, 4) is 5.06 Å². The highest BCUT2D eigenvalue weighted by Gasteiger charge is 2.34. The van der Waals surface area contributed by atoms with E-state index in [2.05, 4.69) is 9.97 Å². The van der Waals surface area contributed by atoms with E-state index < -0.39 is 28.3 Å². The Labute approximate surface area is 230 Å². The van der Waals surface area contributed by atoms with Crippen LogP contribution in [-0.2, 0) is 16.4 Å². The molecule has 0 aliphatic heterocycles. The van der Waals surface area contributed by atoms with E-state index >= 15 is 0 Å². The van der Waals surface area contributed by atoms with Gasteiger partial charge in [0.1, 0.15) is 5.52 Å². The molecule has 13 heteroatoms. The number of ether oxygens (including phenoxy) is 1. The second-order valence-corrected chi connectivity index (χ2v) is 12.3. The van der Waals surface area contributed by atoms with Gasteiger partial charge in [0.2, 0.25) is 15.1 Å². The number of aromatic nitrogens is 2. The fraction of sp³-hybridized carbons (Fsp3) is 0.346. The van der Waals surface area contributed by atoms with Crippen LogP contribution in [0.3, 0.4) is 0 Å². The molecule has 11 nitrogen and oxygen atoms in total. The molecule has 2 heterocycles. The predicted octanol–water partition coefficient (Wildman–Crippen LogP) is 3.62. The van der Waals surface area contributed by atoms with Gasteiger partial charge in [-0.2, -0.15) is 9.29 Å². The molecule has 0 saturated carbocycles. The van der Waals surface area contributed by atoms with Crippen LogP contribution in [0.25, 0.3) is 11.1 Å². The predicted molar refractivity (Wildman–Crippen MR) is 148 cm³/mol. The van der Waals surface area contributed by atoms with E-state index in [0.717, 1.165) is 16.9 Å². The number of carbonyl (C=O) groups excluding carboxylic acids is 1. The largest absolute Gasteiger partial charge is 0.424 e. The molecule has 0 spiro atoms. The summed E-state index contributed by atoms with van der Waals surface area (Å²) in [6, 6.07) is 12.8. The number of rotatable bonds is 11. The number of sulfonamides is 1. The average molecular weight is 574 g/mol. The Morgan fingerprint density at radius 1 is 1.18 bits per heavy atom. The van der Waals surface area contributed by atoms with Crippen LogP contribution in [-0.4, -0.2) is 71.1 Å². The van der Waals surface area contributed by atoms with Gasteiger partial charge in [-0.15, -0.1) is 0 Å². The van der Waals surface area contributed by atoms with Gasteiger partial charge in [0.05, 0.1) is 28.7 Å². The fourth-order valence-corrected chi connectivity index (χ4v) is 6.28. The number of aliphatic hydroxyl groups is 1. The van der Waals surface area contributed by atoms with Crippen molar-refractivity contribution in [3.05, 3.63) is 65.8 Å². The third-order valence-electron chi connectivity index (χ3n) is 6.09. The second kappa shape index (κ2) is 12.1. The molecule has 39 heavy (non-hydrogen) atoms. The molecule has 208 valence electrons. The highest BCUT2D eigenvalue weighted by molar-refractivity contribution is 7.89. The summed E-state index contributed by atoms with van der Waals surface area (Å²) < 4.78 is 39.5. The van der Waals surface area contributed by atoms with Crippen LogP contribution < -0.4 is 10.5 Å². The van der Waals surface area contributed by atoms with Crippen LogP contribution in [0, 0.1) is 5.92 Å².